The third-order valence-electron chi connectivity index (χ3n) is 4.39. The highest BCUT2D eigenvalue weighted by Gasteiger charge is 2.66. The molecule has 0 radical (unpaired) electrons. The summed E-state index contributed by atoms with van der Waals surface area (Å²) >= 11 is 4.85. The van der Waals surface area contributed by atoms with Gasteiger partial charge in [-0.25, -0.2) is 0 Å². The number of carbonyl (C=O) groups is 1. The Bertz CT molecular complexity index is 766. The standard InChI is InChI=1S/C17H21F3N2O6S/c1-5-28-14(23)11-12(21-15(29)22-16(11,24)17(18,19)20)8-6-9(25-2)13(27-4)10(7-8)26-3/h6-7,11-12,24H,5H2,1-4H3,(H2,21,22,29)/t11-,12+,16+/m1/s1. The predicted octanol–water partition coefficient (Wildman–Crippen LogP) is 1.66. The van der Waals surface area contributed by atoms with Gasteiger partial charge in [-0.15, -0.1) is 0 Å². The fraction of sp³-hybridized carbons (Fsp3) is 0.529. The first-order chi connectivity index (χ1) is 13.5. The lowest BCUT2D eigenvalue weighted by Gasteiger charge is -2.45. The normalized spacial score (nSPS) is 24.2. The van der Waals surface area contributed by atoms with Gasteiger partial charge < -0.3 is 34.7 Å². The SMILES string of the molecule is CCOC(=O)[C@H]1[C@H](c2cc(OC)c(OC)c(OC)c2)NC(=S)N[C@@]1(O)C(F)(F)F. The maximum atomic E-state index is 13.8. The van der Waals surface area contributed by atoms with Crippen LogP contribution >= 0.6 is 12.2 Å². The number of benzene rings is 1. The van der Waals surface area contributed by atoms with Gasteiger partial charge in [0.05, 0.1) is 34.0 Å². The molecular weight excluding hydrogens is 417 g/mol. The van der Waals surface area contributed by atoms with Crippen molar-refractivity contribution in [3.63, 3.8) is 0 Å². The Morgan fingerprint density at radius 3 is 2.17 bits per heavy atom. The van der Waals surface area contributed by atoms with E-state index in [1.807, 2.05) is 0 Å². The number of ether oxygens (including phenoxy) is 4. The molecule has 1 fully saturated rings. The molecule has 0 unspecified atom stereocenters. The van der Waals surface area contributed by atoms with E-state index in [1.165, 1.54) is 40.4 Å². The van der Waals surface area contributed by atoms with E-state index in [0.29, 0.717) is 0 Å². The zero-order chi connectivity index (χ0) is 22.0. The molecule has 0 amide bonds. The fourth-order valence-corrected chi connectivity index (χ4v) is 3.38. The van der Waals surface area contributed by atoms with E-state index in [-0.39, 0.29) is 29.4 Å². The molecule has 1 saturated heterocycles. The summed E-state index contributed by atoms with van der Waals surface area (Å²) in [5.74, 6) is -2.91. The highest BCUT2D eigenvalue weighted by Crippen LogP contribution is 2.46. The third kappa shape index (κ3) is 4.13. The summed E-state index contributed by atoms with van der Waals surface area (Å²) in [6.07, 6.45) is -5.24. The number of thiocarbonyl (C=S) groups is 1. The Morgan fingerprint density at radius 2 is 1.76 bits per heavy atom. The molecule has 0 aliphatic carbocycles. The van der Waals surface area contributed by atoms with Crippen LogP contribution in [0.25, 0.3) is 0 Å². The van der Waals surface area contributed by atoms with Gasteiger partial charge in [-0.1, -0.05) is 0 Å². The number of halogens is 3. The van der Waals surface area contributed by atoms with E-state index in [1.54, 1.807) is 5.32 Å². The fourth-order valence-electron chi connectivity index (χ4n) is 3.10. The van der Waals surface area contributed by atoms with Gasteiger partial charge in [0.2, 0.25) is 5.75 Å². The first-order valence-corrected chi connectivity index (χ1v) is 8.79. The molecule has 0 spiro atoms. The molecule has 0 bridgehead atoms. The first-order valence-electron chi connectivity index (χ1n) is 8.38. The molecule has 2 rings (SSSR count). The largest absolute Gasteiger partial charge is 0.493 e. The van der Waals surface area contributed by atoms with Crippen molar-refractivity contribution in [2.24, 2.45) is 5.92 Å². The van der Waals surface area contributed by atoms with Crippen molar-refractivity contribution in [2.45, 2.75) is 24.9 Å². The summed E-state index contributed by atoms with van der Waals surface area (Å²) in [4.78, 5) is 12.5. The van der Waals surface area contributed by atoms with Crippen LogP contribution in [0.5, 0.6) is 17.2 Å². The molecule has 1 aliphatic heterocycles. The van der Waals surface area contributed by atoms with Gasteiger partial charge in [0.25, 0.3) is 5.72 Å². The molecule has 3 atom stereocenters. The zero-order valence-corrected chi connectivity index (χ0v) is 16.9. The summed E-state index contributed by atoms with van der Waals surface area (Å²) < 4.78 is 61.8. The average Bonchev–Trinajstić information content (AvgIpc) is 2.65. The Morgan fingerprint density at radius 1 is 1.21 bits per heavy atom. The summed E-state index contributed by atoms with van der Waals surface area (Å²) in [5, 5.41) is 14.3. The van der Waals surface area contributed by atoms with Crippen molar-refractivity contribution < 1.29 is 42.0 Å². The van der Waals surface area contributed by atoms with Gasteiger partial charge in [-0.3, -0.25) is 4.79 Å². The lowest BCUT2D eigenvalue weighted by atomic mass is 9.82. The molecule has 8 nitrogen and oxygen atoms in total. The molecule has 1 aromatic rings. The maximum absolute atomic E-state index is 13.8. The summed E-state index contributed by atoms with van der Waals surface area (Å²) in [7, 11) is 4.02. The minimum atomic E-state index is -5.24. The molecule has 1 aliphatic rings. The third-order valence-corrected chi connectivity index (χ3v) is 4.61. The molecule has 29 heavy (non-hydrogen) atoms. The van der Waals surface area contributed by atoms with Gasteiger partial charge in [0.1, 0.15) is 5.92 Å². The zero-order valence-electron chi connectivity index (χ0n) is 16.0. The highest BCUT2D eigenvalue weighted by molar-refractivity contribution is 7.80. The lowest BCUT2D eigenvalue weighted by Crippen LogP contribution is -2.73. The van der Waals surface area contributed by atoms with E-state index in [4.69, 9.17) is 31.2 Å². The van der Waals surface area contributed by atoms with E-state index in [0.717, 1.165) is 0 Å². The van der Waals surface area contributed by atoms with E-state index in [2.05, 4.69) is 5.32 Å². The molecular formula is C17H21F3N2O6S. The quantitative estimate of drug-likeness (QED) is 0.453. The number of nitrogens with one attached hydrogen (secondary N) is 2. The Hall–Kier alpha value is -2.47. The number of alkyl halides is 3. The molecule has 1 aromatic carbocycles. The number of hydrogen-bond donors (Lipinski definition) is 3. The molecule has 0 aromatic heterocycles. The number of rotatable bonds is 6. The van der Waals surface area contributed by atoms with Crippen LogP contribution in [-0.2, 0) is 9.53 Å². The monoisotopic (exact) mass is 438 g/mol. The molecule has 1 heterocycles. The number of methoxy groups -OCH3 is 3. The predicted molar refractivity (Wildman–Crippen MR) is 98.8 cm³/mol. The molecule has 3 N–H and O–H groups in total. The van der Waals surface area contributed by atoms with E-state index in [9.17, 15) is 23.1 Å². The lowest BCUT2D eigenvalue weighted by molar-refractivity contribution is -0.292. The number of carbonyl (C=O) groups excluding carboxylic acids is 1. The first kappa shape index (κ1) is 22.8. The summed E-state index contributed by atoms with van der Waals surface area (Å²) in [5.41, 5.74) is -3.53. The number of aliphatic hydroxyl groups is 1. The molecule has 162 valence electrons. The van der Waals surface area contributed by atoms with Crippen LogP contribution in [-0.4, -0.2) is 56.0 Å². The second-order valence-electron chi connectivity index (χ2n) is 6.03. The van der Waals surface area contributed by atoms with Crippen LogP contribution in [0.3, 0.4) is 0 Å². The van der Waals surface area contributed by atoms with Crippen LogP contribution in [0.4, 0.5) is 13.2 Å². The Balaban J connectivity index is 2.70. The smallest absolute Gasteiger partial charge is 0.437 e. The van der Waals surface area contributed by atoms with Gasteiger partial charge in [0, 0.05) is 0 Å². The van der Waals surface area contributed by atoms with Crippen molar-refractivity contribution >= 4 is 23.3 Å². The number of esters is 1. The summed E-state index contributed by atoms with van der Waals surface area (Å²) in [6.45, 7) is 1.25. The van der Waals surface area contributed by atoms with Crippen molar-refractivity contribution in [2.75, 3.05) is 27.9 Å². The Kier molecular flexibility index (Phi) is 6.68. The van der Waals surface area contributed by atoms with E-state index < -0.39 is 34.9 Å². The van der Waals surface area contributed by atoms with Gasteiger partial charge in [-0.2, -0.15) is 13.2 Å². The van der Waals surface area contributed by atoms with Crippen LogP contribution in [0.15, 0.2) is 12.1 Å². The second kappa shape index (κ2) is 8.49. The summed E-state index contributed by atoms with van der Waals surface area (Å²) in [6, 6.07) is 1.30. The maximum Gasteiger partial charge on any atom is 0.437 e. The van der Waals surface area contributed by atoms with E-state index >= 15 is 0 Å². The van der Waals surface area contributed by atoms with Crippen LogP contribution in [0.2, 0.25) is 0 Å². The van der Waals surface area contributed by atoms with Crippen molar-refractivity contribution in [3.05, 3.63) is 17.7 Å². The van der Waals surface area contributed by atoms with Gasteiger partial charge in [-0.05, 0) is 36.8 Å². The van der Waals surface area contributed by atoms with Crippen LogP contribution in [0.1, 0.15) is 18.5 Å². The van der Waals surface area contributed by atoms with Crippen LogP contribution < -0.4 is 24.8 Å². The molecule has 0 saturated carbocycles. The van der Waals surface area contributed by atoms with Crippen LogP contribution in [0, 0.1) is 5.92 Å². The minimum absolute atomic E-state index is 0.129. The second-order valence-corrected chi connectivity index (χ2v) is 6.44. The Labute approximate surface area is 170 Å². The highest BCUT2D eigenvalue weighted by atomic mass is 32.1. The van der Waals surface area contributed by atoms with Gasteiger partial charge >= 0.3 is 12.1 Å². The minimum Gasteiger partial charge on any atom is -0.493 e. The van der Waals surface area contributed by atoms with Crippen molar-refractivity contribution in [3.8, 4) is 17.2 Å². The topological polar surface area (TPSA) is 98.3 Å². The average molecular weight is 438 g/mol. The van der Waals surface area contributed by atoms with Crippen molar-refractivity contribution in [1.82, 2.24) is 10.6 Å². The number of hydrogen-bond acceptors (Lipinski definition) is 7. The van der Waals surface area contributed by atoms with Gasteiger partial charge in [0.15, 0.2) is 16.6 Å². The molecule has 12 heteroatoms. The van der Waals surface area contributed by atoms with Crippen molar-refractivity contribution in [1.29, 1.82) is 0 Å².